The van der Waals surface area contributed by atoms with E-state index in [1.165, 1.54) is 6.08 Å². The number of aromatic nitrogens is 1. The molecule has 0 spiro atoms. The first kappa shape index (κ1) is 21.7. The van der Waals surface area contributed by atoms with E-state index in [-0.39, 0.29) is 13.0 Å². The van der Waals surface area contributed by atoms with Crippen LogP contribution in [0, 0.1) is 13.8 Å². The van der Waals surface area contributed by atoms with Crippen LogP contribution in [0.3, 0.4) is 0 Å². The van der Waals surface area contributed by atoms with Crippen molar-refractivity contribution < 1.29 is 28.4 Å². The normalized spacial score (nSPS) is 10.1. The number of hydrogen-bond acceptors (Lipinski definition) is 7. The van der Waals surface area contributed by atoms with Gasteiger partial charge in [0.25, 0.3) is 5.91 Å². The summed E-state index contributed by atoms with van der Waals surface area (Å²) in [5.74, 6) is 0.0372. The molecule has 2 rings (SSSR count). The van der Waals surface area contributed by atoms with Gasteiger partial charge in [0.05, 0.1) is 17.7 Å². The zero-order valence-corrected chi connectivity index (χ0v) is 16.3. The predicted molar refractivity (Wildman–Crippen MR) is 103 cm³/mol. The molecule has 0 bridgehead atoms. The van der Waals surface area contributed by atoms with E-state index in [4.69, 9.17) is 14.0 Å². The molecule has 1 aromatic heterocycles. The van der Waals surface area contributed by atoms with Crippen molar-refractivity contribution in [2.45, 2.75) is 26.9 Å². The molecule has 1 aromatic carbocycles. The first-order chi connectivity index (χ1) is 13.9. The number of urea groups is 1. The van der Waals surface area contributed by atoms with Crippen molar-refractivity contribution in [1.29, 1.82) is 0 Å². The minimum atomic E-state index is -0.719. The minimum Gasteiger partial charge on any atom is -0.489 e. The second kappa shape index (κ2) is 10.6. The van der Waals surface area contributed by atoms with E-state index in [1.54, 1.807) is 24.3 Å². The molecule has 0 fully saturated rings. The fourth-order valence-corrected chi connectivity index (χ4v) is 2.30. The highest BCUT2D eigenvalue weighted by atomic mass is 16.5. The molecular formula is C20H23N3O6. The van der Waals surface area contributed by atoms with Crippen LogP contribution >= 0.6 is 0 Å². The van der Waals surface area contributed by atoms with Crippen LogP contribution in [0.25, 0.3) is 0 Å². The third-order valence-corrected chi connectivity index (χ3v) is 3.86. The number of nitrogens with one attached hydrogen (secondary N) is 2. The number of aryl methyl sites for hydroxylation is 2. The highest BCUT2D eigenvalue weighted by Gasteiger charge is 2.12. The predicted octanol–water partition coefficient (Wildman–Crippen LogP) is 1.97. The summed E-state index contributed by atoms with van der Waals surface area (Å²) >= 11 is 0. The number of benzene rings is 1. The fraction of sp³-hybridized carbons (Fsp3) is 0.300. The number of rotatable bonds is 9. The molecular weight excluding hydrogens is 378 g/mol. The lowest BCUT2D eigenvalue weighted by Gasteiger charge is -2.08. The topological polar surface area (TPSA) is 120 Å². The van der Waals surface area contributed by atoms with Gasteiger partial charge in [0.15, 0.2) is 6.61 Å². The van der Waals surface area contributed by atoms with Crippen LogP contribution in [0.4, 0.5) is 4.79 Å². The fourth-order valence-electron chi connectivity index (χ4n) is 2.30. The molecule has 2 aromatic rings. The van der Waals surface area contributed by atoms with E-state index in [2.05, 4.69) is 17.1 Å². The summed E-state index contributed by atoms with van der Waals surface area (Å²) in [6.07, 6.45) is 1.46. The van der Waals surface area contributed by atoms with Crippen molar-refractivity contribution in [3.05, 3.63) is 59.5 Å². The van der Waals surface area contributed by atoms with Crippen LogP contribution in [0.1, 0.15) is 22.6 Å². The van der Waals surface area contributed by atoms with Crippen LogP contribution < -0.4 is 15.4 Å². The summed E-state index contributed by atoms with van der Waals surface area (Å²) in [6, 6.07) is 6.24. The average molecular weight is 401 g/mol. The lowest BCUT2D eigenvalue weighted by Crippen LogP contribution is -2.41. The maximum absolute atomic E-state index is 11.9. The molecule has 3 amide bonds. The van der Waals surface area contributed by atoms with Crippen molar-refractivity contribution in [3.8, 4) is 5.75 Å². The van der Waals surface area contributed by atoms with Gasteiger partial charge in [0.2, 0.25) is 0 Å². The molecule has 0 aliphatic heterocycles. The Hall–Kier alpha value is -3.62. The Balaban J connectivity index is 1.74. The van der Waals surface area contributed by atoms with Crippen molar-refractivity contribution >= 4 is 17.9 Å². The molecule has 0 aliphatic rings. The monoisotopic (exact) mass is 401 g/mol. The van der Waals surface area contributed by atoms with Crippen LogP contribution in [0.5, 0.6) is 5.75 Å². The Labute approximate surface area is 168 Å². The third kappa shape index (κ3) is 7.13. The number of esters is 1. The van der Waals surface area contributed by atoms with Gasteiger partial charge < -0.3 is 19.3 Å². The molecule has 2 N–H and O–H groups in total. The van der Waals surface area contributed by atoms with Gasteiger partial charge in [0.1, 0.15) is 18.1 Å². The Bertz CT molecular complexity index is 853. The SMILES string of the molecule is C=CCNC(=O)NC(=O)COC(=O)Cc1ccc(OCc2c(C)noc2C)cc1. The van der Waals surface area contributed by atoms with E-state index in [0.29, 0.717) is 23.7 Å². The molecule has 1 heterocycles. The van der Waals surface area contributed by atoms with Crippen molar-refractivity contribution in [1.82, 2.24) is 15.8 Å². The number of carbonyl (C=O) groups excluding carboxylic acids is 3. The largest absolute Gasteiger partial charge is 0.489 e. The van der Waals surface area contributed by atoms with Crippen molar-refractivity contribution in [2.24, 2.45) is 0 Å². The van der Waals surface area contributed by atoms with Gasteiger partial charge in [0, 0.05) is 6.54 Å². The first-order valence-electron chi connectivity index (χ1n) is 8.86. The zero-order chi connectivity index (χ0) is 21.2. The number of imide groups is 1. The number of hydrogen-bond donors (Lipinski definition) is 2. The maximum atomic E-state index is 11.9. The zero-order valence-electron chi connectivity index (χ0n) is 16.3. The van der Waals surface area contributed by atoms with Gasteiger partial charge in [-0.25, -0.2) is 4.79 Å². The minimum absolute atomic E-state index is 0.0138. The van der Waals surface area contributed by atoms with E-state index in [1.807, 2.05) is 19.2 Å². The molecule has 0 radical (unpaired) electrons. The first-order valence-corrected chi connectivity index (χ1v) is 8.86. The van der Waals surface area contributed by atoms with E-state index < -0.39 is 24.5 Å². The second-order valence-corrected chi connectivity index (χ2v) is 6.12. The number of ether oxygens (including phenoxy) is 2. The van der Waals surface area contributed by atoms with Crippen molar-refractivity contribution in [2.75, 3.05) is 13.2 Å². The summed E-state index contributed by atoms with van der Waals surface area (Å²) < 4.78 is 15.7. The highest BCUT2D eigenvalue weighted by molar-refractivity contribution is 5.95. The molecule has 0 saturated carbocycles. The number of nitrogens with zero attached hydrogens (tertiary/aromatic N) is 1. The standard InChI is InChI=1S/C20H23N3O6/c1-4-9-21-20(26)22-18(24)12-28-19(25)10-15-5-7-16(8-6-15)27-11-17-13(2)23-29-14(17)3/h4-8H,1,9-12H2,2-3H3,(H2,21,22,24,26). The summed E-state index contributed by atoms with van der Waals surface area (Å²) in [6.45, 7) is 7.11. The maximum Gasteiger partial charge on any atom is 0.321 e. The number of amides is 3. The Morgan fingerprint density at radius 2 is 1.93 bits per heavy atom. The Kier molecular flexibility index (Phi) is 7.96. The molecule has 29 heavy (non-hydrogen) atoms. The molecule has 154 valence electrons. The summed E-state index contributed by atoms with van der Waals surface area (Å²) in [5, 5.41) is 8.28. The molecule has 9 heteroatoms. The summed E-state index contributed by atoms with van der Waals surface area (Å²) in [5.41, 5.74) is 2.38. The Morgan fingerprint density at radius 1 is 1.21 bits per heavy atom. The van der Waals surface area contributed by atoms with Crippen LogP contribution in [-0.2, 0) is 27.4 Å². The Morgan fingerprint density at radius 3 is 2.55 bits per heavy atom. The molecule has 9 nitrogen and oxygen atoms in total. The summed E-state index contributed by atoms with van der Waals surface area (Å²) in [4.78, 5) is 34.7. The third-order valence-electron chi connectivity index (χ3n) is 3.86. The lowest BCUT2D eigenvalue weighted by molar-refractivity contribution is -0.147. The van der Waals surface area contributed by atoms with Crippen LogP contribution in [-0.4, -0.2) is 36.2 Å². The molecule has 0 aliphatic carbocycles. The quantitative estimate of drug-likeness (QED) is 0.487. The van der Waals surface area contributed by atoms with Crippen molar-refractivity contribution in [3.63, 3.8) is 0 Å². The summed E-state index contributed by atoms with van der Waals surface area (Å²) in [7, 11) is 0. The van der Waals surface area contributed by atoms with Gasteiger partial charge in [-0.2, -0.15) is 0 Å². The average Bonchev–Trinajstić information content (AvgIpc) is 3.02. The molecule has 0 atom stereocenters. The highest BCUT2D eigenvalue weighted by Crippen LogP contribution is 2.18. The smallest absolute Gasteiger partial charge is 0.321 e. The van der Waals surface area contributed by atoms with Gasteiger partial charge in [-0.15, -0.1) is 6.58 Å². The van der Waals surface area contributed by atoms with Gasteiger partial charge in [-0.1, -0.05) is 23.4 Å². The van der Waals surface area contributed by atoms with Gasteiger partial charge >= 0.3 is 12.0 Å². The van der Waals surface area contributed by atoms with Gasteiger partial charge in [-0.05, 0) is 31.5 Å². The van der Waals surface area contributed by atoms with Crippen LogP contribution in [0.15, 0.2) is 41.4 Å². The lowest BCUT2D eigenvalue weighted by atomic mass is 10.1. The molecule has 0 unspecified atom stereocenters. The van der Waals surface area contributed by atoms with Crippen LogP contribution in [0.2, 0.25) is 0 Å². The second-order valence-electron chi connectivity index (χ2n) is 6.12. The van der Waals surface area contributed by atoms with E-state index in [0.717, 1.165) is 11.3 Å². The van der Waals surface area contributed by atoms with E-state index in [9.17, 15) is 14.4 Å². The molecule has 0 saturated heterocycles. The number of carbonyl (C=O) groups is 3. The van der Waals surface area contributed by atoms with E-state index >= 15 is 0 Å². The van der Waals surface area contributed by atoms with Gasteiger partial charge in [-0.3, -0.25) is 14.9 Å².